The van der Waals surface area contributed by atoms with Crippen molar-refractivity contribution in [2.45, 2.75) is 46.5 Å². The zero-order valence-electron chi connectivity index (χ0n) is 16.4. The maximum Gasteiger partial charge on any atom is 0.272 e. The monoisotopic (exact) mass is 380 g/mol. The Morgan fingerprint density at radius 2 is 1.74 bits per heavy atom. The summed E-state index contributed by atoms with van der Waals surface area (Å²) in [5.74, 6) is 0. The van der Waals surface area contributed by atoms with Gasteiger partial charge in [-0.15, -0.1) is 11.3 Å². The number of hydrogen-bond donors (Lipinski definition) is 0. The van der Waals surface area contributed by atoms with Gasteiger partial charge >= 0.3 is 0 Å². The third-order valence-corrected chi connectivity index (χ3v) is 5.64. The molecule has 0 radical (unpaired) electrons. The van der Waals surface area contributed by atoms with Gasteiger partial charge in [-0.2, -0.15) is 0 Å². The third kappa shape index (κ3) is 4.25. The van der Waals surface area contributed by atoms with E-state index < -0.39 is 0 Å². The van der Waals surface area contributed by atoms with Crippen LogP contribution in [0.1, 0.15) is 48.0 Å². The van der Waals surface area contributed by atoms with Crippen molar-refractivity contribution in [1.82, 2.24) is 4.98 Å². The molecule has 0 saturated carbocycles. The van der Waals surface area contributed by atoms with Gasteiger partial charge in [0.05, 0.1) is 15.6 Å². The molecule has 27 heavy (non-hydrogen) atoms. The molecule has 0 aliphatic heterocycles. The van der Waals surface area contributed by atoms with Gasteiger partial charge in [-0.1, -0.05) is 45.0 Å². The Kier molecular flexibility index (Phi) is 5.16. The van der Waals surface area contributed by atoms with Gasteiger partial charge in [0.1, 0.15) is 0 Å². The van der Waals surface area contributed by atoms with Crippen LogP contribution in [0.3, 0.4) is 0 Å². The van der Waals surface area contributed by atoms with Crippen molar-refractivity contribution in [1.29, 1.82) is 0 Å². The average Bonchev–Trinajstić information content (AvgIpc) is 3.05. The Balaban J connectivity index is 1.83. The molecule has 0 N–H and O–H groups in total. The van der Waals surface area contributed by atoms with Gasteiger partial charge in [-0.3, -0.25) is 10.1 Å². The standard InChI is InChI=1S/C22H24N2O2S/c1-14-11-20(24(25)26)15(2)10-17(14)12-21-23-19(13-27-21)16-6-8-18(9-7-16)22(3,4)5/h6-11,13H,12H2,1-5H3. The molecule has 5 heteroatoms. The van der Waals surface area contributed by atoms with Gasteiger partial charge in [0.2, 0.25) is 0 Å². The first-order valence-corrected chi connectivity index (χ1v) is 9.83. The maximum absolute atomic E-state index is 11.1. The Morgan fingerprint density at radius 3 is 2.33 bits per heavy atom. The SMILES string of the molecule is Cc1cc([N+](=O)[O-])c(C)cc1Cc1nc(-c2ccc(C(C)(C)C)cc2)cs1. The largest absolute Gasteiger partial charge is 0.272 e. The molecular formula is C22H24N2O2S. The van der Waals surface area contributed by atoms with Crippen molar-refractivity contribution < 1.29 is 4.92 Å². The topological polar surface area (TPSA) is 56.0 Å². The molecule has 0 unspecified atom stereocenters. The van der Waals surface area contributed by atoms with Crippen molar-refractivity contribution in [3.05, 3.63) is 79.2 Å². The molecule has 0 spiro atoms. The van der Waals surface area contributed by atoms with Gasteiger partial charge in [0.25, 0.3) is 5.69 Å². The van der Waals surface area contributed by atoms with Crippen LogP contribution >= 0.6 is 11.3 Å². The van der Waals surface area contributed by atoms with Crippen LogP contribution in [-0.4, -0.2) is 9.91 Å². The highest BCUT2D eigenvalue weighted by Gasteiger charge is 2.16. The second kappa shape index (κ2) is 7.24. The summed E-state index contributed by atoms with van der Waals surface area (Å²) >= 11 is 1.63. The lowest BCUT2D eigenvalue weighted by molar-refractivity contribution is -0.385. The van der Waals surface area contributed by atoms with E-state index in [0.717, 1.165) is 27.4 Å². The molecule has 0 aliphatic rings. The highest BCUT2D eigenvalue weighted by atomic mass is 32.1. The average molecular weight is 381 g/mol. The minimum absolute atomic E-state index is 0.136. The van der Waals surface area contributed by atoms with E-state index >= 15 is 0 Å². The van der Waals surface area contributed by atoms with Crippen LogP contribution in [0.15, 0.2) is 41.8 Å². The number of aryl methyl sites for hydroxylation is 2. The van der Waals surface area contributed by atoms with E-state index in [1.165, 1.54) is 5.56 Å². The minimum atomic E-state index is -0.325. The van der Waals surface area contributed by atoms with Crippen molar-refractivity contribution in [3.63, 3.8) is 0 Å². The number of thiazole rings is 1. The summed E-state index contributed by atoms with van der Waals surface area (Å²) in [6.07, 6.45) is 0.690. The quantitative estimate of drug-likeness (QED) is 0.398. The van der Waals surface area contributed by atoms with Crippen LogP contribution in [0.2, 0.25) is 0 Å². The second-order valence-electron chi connectivity index (χ2n) is 7.95. The molecule has 3 aromatic rings. The van der Waals surface area contributed by atoms with Crippen LogP contribution < -0.4 is 0 Å². The summed E-state index contributed by atoms with van der Waals surface area (Å²) in [5.41, 5.74) is 6.41. The molecule has 2 aromatic carbocycles. The Bertz CT molecular complexity index is 983. The summed E-state index contributed by atoms with van der Waals surface area (Å²) in [7, 11) is 0. The van der Waals surface area contributed by atoms with Crippen molar-refractivity contribution in [2.24, 2.45) is 0 Å². The molecule has 0 atom stereocenters. The number of hydrogen-bond acceptors (Lipinski definition) is 4. The fraction of sp³-hybridized carbons (Fsp3) is 0.318. The minimum Gasteiger partial charge on any atom is -0.258 e. The molecule has 1 aromatic heterocycles. The summed E-state index contributed by atoms with van der Waals surface area (Å²) in [6.45, 7) is 10.3. The van der Waals surface area contributed by atoms with Crippen LogP contribution in [0.4, 0.5) is 5.69 Å². The number of nitrogens with zero attached hydrogens (tertiary/aromatic N) is 2. The fourth-order valence-corrected chi connectivity index (χ4v) is 3.90. The normalized spacial score (nSPS) is 11.6. The fourth-order valence-electron chi connectivity index (χ4n) is 3.08. The molecule has 4 nitrogen and oxygen atoms in total. The van der Waals surface area contributed by atoms with E-state index in [0.29, 0.717) is 12.0 Å². The van der Waals surface area contributed by atoms with E-state index in [1.54, 1.807) is 24.3 Å². The summed E-state index contributed by atoms with van der Waals surface area (Å²) in [6, 6.07) is 12.1. The molecular weight excluding hydrogens is 356 g/mol. The first-order valence-electron chi connectivity index (χ1n) is 8.95. The van der Waals surface area contributed by atoms with E-state index in [2.05, 4.69) is 50.4 Å². The van der Waals surface area contributed by atoms with E-state index in [4.69, 9.17) is 4.98 Å². The summed E-state index contributed by atoms with van der Waals surface area (Å²) < 4.78 is 0. The zero-order chi connectivity index (χ0) is 19.8. The van der Waals surface area contributed by atoms with Gasteiger partial charge in [-0.25, -0.2) is 4.98 Å². The lowest BCUT2D eigenvalue weighted by Crippen LogP contribution is -2.10. The van der Waals surface area contributed by atoms with Gasteiger partial charge < -0.3 is 0 Å². The molecule has 140 valence electrons. The van der Waals surface area contributed by atoms with Crippen LogP contribution in [0.5, 0.6) is 0 Å². The first-order chi connectivity index (χ1) is 12.6. The Hall–Kier alpha value is -2.53. The molecule has 0 fully saturated rings. The van der Waals surface area contributed by atoms with Gasteiger partial charge in [-0.05, 0) is 42.0 Å². The second-order valence-corrected chi connectivity index (χ2v) is 8.90. The molecule has 3 rings (SSSR count). The zero-order valence-corrected chi connectivity index (χ0v) is 17.2. The van der Waals surface area contributed by atoms with Crippen LogP contribution in [-0.2, 0) is 11.8 Å². The number of benzene rings is 2. The Morgan fingerprint density at radius 1 is 1.07 bits per heavy atom. The van der Waals surface area contributed by atoms with E-state index in [-0.39, 0.29) is 16.0 Å². The van der Waals surface area contributed by atoms with Crippen LogP contribution in [0, 0.1) is 24.0 Å². The van der Waals surface area contributed by atoms with Crippen molar-refractivity contribution in [3.8, 4) is 11.3 Å². The number of aromatic nitrogens is 1. The maximum atomic E-state index is 11.1. The van der Waals surface area contributed by atoms with E-state index in [1.807, 2.05) is 13.0 Å². The predicted molar refractivity (Wildman–Crippen MR) is 112 cm³/mol. The molecule has 0 amide bonds. The molecule has 0 bridgehead atoms. The number of rotatable bonds is 4. The highest BCUT2D eigenvalue weighted by Crippen LogP contribution is 2.29. The molecule has 1 heterocycles. The molecule has 0 saturated heterocycles. The lowest BCUT2D eigenvalue weighted by atomic mass is 9.86. The third-order valence-electron chi connectivity index (χ3n) is 4.79. The van der Waals surface area contributed by atoms with Gasteiger partial charge in [0.15, 0.2) is 0 Å². The summed E-state index contributed by atoms with van der Waals surface area (Å²) in [4.78, 5) is 15.5. The first kappa shape index (κ1) is 19.2. The van der Waals surface area contributed by atoms with E-state index in [9.17, 15) is 10.1 Å². The predicted octanol–water partition coefficient (Wildman–Crippen LogP) is 6.22. The van der Waals surface area contributed by atoms with Gasteiger partial charge in [0, 0.05) is 29.0 Å². The Labute approximate surface area is 164 Å². The number of nitro groups is 1. The number of nitro benzene ring substituents is 1. The highest BCUT2D eigenvalue weighted by molar-refractivity contribution is 7.10. The smallest absolute Gasteiger partial charge is 0.258 e. The van der Waals surface area contributed by atoms with Crippen molar-refractivity contribution in [2.75, 3.05) is 0 Å². The lowest BCUT2D eigenvalue weighted by Gasteiger charge is -2.18. The molecule has 0 aliphatic carbocycles. The summed E-state index contributed by atoms with van der Waals surface area (Å²) in [5, 5.41) is 14.2. The van der Waals surface area contributed by atoms with Crippen molar-refractivity contribution >= 4 is 17.0 Å². The van der Waals surface area contributed by atoms with Crippen LogP contribution in [0.25, 0.3) is 11.3 Å².